The number of halogens is 3. The van der Waals surface area contributed by atoms with Gasteiger partial charge in [-0.25, -0.2) is 0 Å². The van der Waals surface area contributed by atoms with Crippen LogP contribution >= 0.6 is 46.6 Å². The van der Waals surface area contributed by atoms with Crippen molar-refractivity contribution in [3.63, 3.8) is 0 Å². The summed E-state index contributed by atoms with van der Waals surface area (Å²) in [6.07, 6.45) is 0. The fourth-order valence-corrected chi connectivity index (χ4v) is 2.89. The van der Waals surface area contributed by atoms with Crippen LogP contribution in [0.15, 0.2) is 42.5 Å². The lowest BCUT2D eigenvalue weighted by atomic mass is 10.2. The quantitative estimate of drug-likeness (QED) is 0.760. The van der Waals surface area contributed by atoms with Crippen molar-refractivity contribution in [2.75, 3.05) is 11.1 Å². The van der Waals surface area contributed by atoms with Gasteiger partial charge in [-0.3, -0.25) is 4.79 Å². The molecule has 2 aromatic rings. The van der Waals surface area contributed by atoms with Crippen molar-refractivity contribution < 1.29 is 4.79 Å². The van der Waals surface area contributed by atoms with Crippen LogP contribution in [0.5, 0.6) is 0 Å². The van der Waals surface area contributed by atoms with Gasteiger partial charge in [-0.05, 0) is 29.8 Å². The van der Waals surface area contributed by atoms with Crippen molar-refractivity contribution in [2.45, 2.75) is 5.75 Å². The summed E-state index contributed by atoms with van der Waals surface area (Å²) in [5.74, 6) is 0.970. The molecule has 0 spiro atoms. The average molecular weight is 361 g/mol. The Morgan fingerprint density at radius 3 is 2.48 bits per heavy atom. The van der Waals surface area contributed by atoms with Gasteiger partial charge < -0.3 is 5.32 Å². The number of hydrogen-bond acceptors (Lipinski definition) is 2. The molecule has 0 aliphatic rings. The zero-order valence-corrected chi connectivity index (χ0v) is 14.0. The smallest absolute Gasteiger partial charge is 0.234 e. The van der Waals surface area contributed by atoms with Crippen LogP contribution in [-0.2, 0) is 10.5 Å². The third-order valence-corrected chi connectivity index (χ3v) is 4.72. The van der Waals surface area contributed by atoms with Crippen LogP contribution in [0.1, 0.15) is 5.56 Å². The van der Waals surface area contributed by atoms with Gasteiger partial charge in [0, 0.05) is 10.8 Å². The molecule has 110 valence electrons. The van der Waals surface area contributed by atoms with Crippen molar-refractivity contribution in [2.24, 2.45) is 0 Å². The molecule has 2 aromatic carbocycles. The predicted octanol–water partition coefficient (Wildman–Crippen LogP) is 5.52. The molecule has 0 saturated heterocycles. The van der Waals surface area contributed by atoms with Gasteiger partial charge in [-0.2, -0.15) is 0 Å². The summed E-state index contributed by atoms with van der Waals surface area (Å²) in [5.41, 5.74) is 1.65. The van der Waals surface area contributed by atoms with Gasteiger partial charge in [0.2, 0.25) is 5.91 Å². The lowest BCUT2D eigenvalue weighted by Gasteiger charge is -2.08. The topological polar surface area (TPSA) is 29.1 Å². The lowest BCUT2D eigenvalue weighted by molar-refractivity contribution is -0.113. The zero-order valence-electron chi connectivity index (χ0n) is 10.9. The van der Waals surface area contributed by atoms with Crippen LogP contribution < -0.4 is 5.32 Å². The first-order chi connectivity index (χ1) is 10.1. The Kier molecular flexibility index (Phi) is 6.24. The SMILES string of the molecule is O=C(CSCc1ccc(Cl)cc1)Nc1cccc(Cl)c1Cl. The molecule has 1 amide bonds. The molecule has 0 unspecified atom stereocenters. The Hall–Kier alpha value is -0.870. The van der Waals surface area contributed by atoms with Crippen molar-refractivity contribution in [3.05, 3.63) is 63.1 Å². The lowest BCUT2D eigenvalue weighted by Crippen LogP contribution is -2.14. The van der Waals surface area contributed by atoms with Gasteiger partial charge in [0.15, 0.2) is 0 Å². The van der Waals surface area contributed by atoms with E-state index in [1.165, 1.54) is 11.8 Å². The minimum atomic E-state index is -0.113. The third kappa shape index (κ3) is 5.11. The summed E-state index contributed by atoms with van der Waals surface area (Å²) in [7, 11) is 0. The predicted molar refractivity (Wildman–Crippen MR) is 92.7 cm³/mol. The van der Waals surface area contributed by atoms with Crippen LogP contribution in [0.2, 0.25) is 15.1 Å². The second kappa shape index (κ2) is 7.95. The second-order valence-electron chi connectivity index (χ2n) is 4.27. The number of rotatable bonds is 5. The minimum absolute atomic E-state index is 0.113. The first kappa shape index (κ1) is 16.5. The van der Waals surface area contributed by atoms with Gasteiger partial charge in [0.25, 0.3) is 0 Å². The molecule has 0 heterocycles. The summed E-state index contributed by atoms with van der Waals surface area (Å²) >= 11 is 19.2. The molecule has 0 saturated carbocycles. The molecule has 0 fully saturated rings. The highest BCUT2D eigenvalue weighted by atomic mass is 35.5. The average Bonchev–Trinajstić information content (AvgIpc) is 2.46. The summed E-state index contributed by atoms with van der Waals surface area (Å²) in [4.78, 5) is 11.9. The molecule has 0 aliphatic heterocycles. The van der Waals surface area contributed by atoms with E-state index in [-0.39, 0.29) is 5.91 Å². The molecule has 21 heavy (non-hydrogen) atoms. The molecule has 0 aromatic heterocycles. The molecular formula is C15H12Cl3NOS. The van der Waals surface area contributed by atoms with Crippen LogP contribution in [0.3, 0.4) is 0 Å². The number of hydrogen-bond donors (Lipinski definition) is 1. The first-order valence-electron chi connectivity index (χ1n) is 6.12. The summed E-state index contributed by atoms with van der Waals surface area (Å²) in [5, 5.41) is 4.23. The second-order valence-corrected chi connectivity index (χ2v) is 6.48. The van der Waals surface area contributed by atoms with E-state index < -0.39 is 0 Å². The standard InChI is InChI=1S/C15H12Cl3NOS/c16-11-6-4-10(5-7-11)8-21-9-14(20)19-13-3-1-2-12(17)15(13)18/h1-7H,8-9H2,(H,19,20). The summed E-state index contributed by atoms with van der Waals surface area (Å²) in [6, 6.07) is 12.7. The van der Waals surface area contributed by atoms with E-state index in [9.17, 15) is 4.79 Å². The van der Waals surface area contributed by atoms with Gasteiger partial charge >= 0.3 is 0 Å². The molecule has 0 bridgehead atoms. The Labute approximate surface area is 142 Å². The highest BCUT2D eigenvalue weighted by Gasteiger charge is 2.08. The van der Waals surface area contributed by atoms with Crippen molar-refractivity contribution >= 4 is 58.2 Å². The van der Waals surface area contributed by atoms with E-state index in [1.807, 2.05) is 24.3 Å². The maximum absolute atomic E-state index is 11.9. The highest BCUT2D eigenvalue weighted by Crippen LogP contribution is 2.29. The Bertz CT molecular complexity index is 631. The zero-order chi connectivity index (χ0) is 15.2. The van der Waals surface area contributed by atoms with Crippen LogP contribution in [0, 0.1) is 0 Å². The van der Waals surface area contributed by atoms with E-state index >= 15 is 0 Å². The fourth-order valence-electron chi connectivity index (χ4n) is 1.63. The molecule has 6 heteroatoms. The molecule has 2 nitrogen and oxygen atoms in total. The maximum atomic E-state index is 11.9. The Morgan fingerprint density at radius 2 is 1.76 bits per heavy atom. The van der Waals surface area contributed by atoms with E-state index in [1.54, 1.807) is 18.2 Å². The maximum Gasteiger partial charge on any atom is 0.234 e. The van der Waals surface area contributed by atoms with Gasteiger partial charge in [-0.15, -0.1) is 11.8 Å². The molecule has 0 atom stereocenters. The number of amides is 1. The molecule has 0 aliphatic carbocycles. The summed E-state index contributed by atoms with van der Waals surface area (Å²) < 4.78 is 0. The van der Waals surface area contributed by atoms with Gasteiger partial charge in [0.05, 0.1) is 21.5 Å². The number of thioether (sulfide) groups is 1. The van der Waals surface area contributed by atoms with E-state index in [4.69, 9.17) is 34.8 Å². The van der Waals surface area contributed by atoms with Crippen LogP contribution in [0.25, 0.3) is 0 Å². The third-order valence-electron chi connectivity index (χ3n) is 2.64. The number of anilines is 1. The monoisotopic (exact) mass is 359 g/mol. The normalized spacial score (nSPS) is 10.4. The largest absolute Gasteiger partial charge is 0.324 e. The Balaban J connectivity index is 1.82. The first-order valence-corrected chi connectivity index (χ1v) is 8.41. The van der Waals surface area contributed by atoms with Crippen LogP contribution in [-0.4, -0.2) is 11.7 Å². The molecule has 0 radical (unpaired) electrons. The minimum Gasteiger partial charge on any atom is -0.324 e. The number of benzene rings is 2. The van der Waals surface area contributed by atoms with Gasteiger partial charge in [0.1, 0.15) is 0 Å². The van der Waals surface area contributed by atoms with E-state index in [2.05, 4.69) is 5.32 Å². The van der Waals surface area contributed by atoms with Crippen molar-refractivity contribution in [1.29, 1.82) is 0 Å². The highest BCUT2D eigenvalue weighted by molar-refractivity contribution is 7.99. The molecular weight excluding hydrogens is 349 g/mol. The van der Waals surface area contributed by atoms with Crippen molar-refractivity contribution in [3.8, 4) is 0 Å². The number of carbonyl (C=O) groups excluding carboxylic acids is 1. The number of nitrogens with one attached hydrogen (secondary N) is 1. The van der Waals surface area contributed by atoms with Crippen molar-refractivity contribution in [1.82, 2.24) is 0 Å². The number of carbonyl (C=O) groups is 1. The fraction of sp³-hybridized carbons (Fsp3) is 0.133. The van der Waals surface area contributed by atoms with E-state index in [0.717, 1.165) is 11.3 Å². The summed E-state index contributed by atoms with van der Waals surface area (Å²) in [6.45, 7) is 0. The Morgan fingerprint density at radius 1 is 1.05 bits per heavy atom. The van der Waals surface area contributed by atoms with E-state index in [0.29, 0.717) is 26.5 Å². The van der Waals surface area contributed by atoms with Gasteiger partial charge in [-0.1, -0.05) is 53.0 Å². The molecule has 2 rings (SSSR count). The van der Waals surface area contributed by atoms with Crippen LogP contribution in [0.4, 0.5) is 5.69 Å². The molecule has 1 N–H and O–H groups in total.